The fraction of sp³-hybridized carbons (Fsp3) is 0.275. The second kappa shape index (κ2) is 14.8. The van der Waals surface area contributed by atoms with Crippen LogP contribution in [0.3, 0.4) is 0 Å². The van der Waals surface area contributed by atoms with Crippen LogP contribution >= 0.6 is 0 Å². The lowest BCUT2D eigenvalue weighted by Crippen LogP contribution is -2.49. The quantitative estimate of drug-likeness (QED) is 0.189. The van der Waals surface area contributed by atoms with Crippen molar-refractivity contribution in [2.75, 3.05) is 32.8 Å². The SMILES string of the molecule is CCOC(=O)C1=C(C)N(Cc2cccc(C(=O)N3CCN(C(c4ccccc4)c4ccccc4)CC3)c2)C(=O)C[C@@H]1c1ccc(F)cc1. The molecule has 0 unspecified atom stereocenters. The predicted molar refractivity (Wildman–Crippen MR) is 182 cm³/mol. The van der Waals surface area contributed by atoms with Gasteiger partial charge in [0.1, 0.15) is 5.82 Å². The van der Waals surface area contributed by atoms with Crippen LogP contribution in [0.4, 0.5) is 4.39 Å². The number of carbonyl (C=O) groups is 3. The van der Waals surface area contributed by atoms with Crippen molar-refractivity contribution < 1.29 is 23.5 Å². The van der Waals surface area contributed by atoms with E-state index in [1.54, 1.807) is 30.9 Å². The minimum absolute atomic E-state index is 0.0479. The largest absolute Gasteiger partial charge is 0.463 e. The molecule has 4 aromatic rings. The third-order valence-electron chi connectivity index (χ3n) is 9.30. The van der Waals surface area contributed by atoms with Crippen LogP contribution in [-0.4, -0.2) is 65.3 Å². The van der Waals surface area contributed by atoms with E-state index in [1.807, 2.05) is 41.3 Å². The zero-order chi connectivity index (χ0) is 33.6. The molecule has 2 heterocycles. The number of allylic oxidation sites excluding steroid dienone is 1. The van der Waals surface area contributed by atoms with Gasteiger partial charge in [0.25, 0.3) is 5.91 Å². The fourth-order valence-electron chi connectivity index (χ4n) is 6.89. The Kier molecular flexibility index (Phi) is 10.1. The zero-order valence-electron chi connectivity index (χ0n) is 27.3. The highest BCUT2D eigenvalue weighted by Gasteiger charge is 2.37. The van der Waals surface area contributed by atoms with E-state index in [0.717, 1.165) is 18.7 Å². The van der Waals surface area contributed by atoms with Crippen molar-refractivity contribution in [2.24, 2.45) is 0 Å². The summed E-state index contributed by atoms with van der Waals surface area (Å²) in [5.41, 5.74) is 5.35. The van der Waals surface area contributed by atoms with Gasteiger partial charge in [-0.2, -0.15) is 0 Å². The number of carbonyl (C=O) groups excluding carboxylic acids is 3. The van der Waals surface area contributed by atoms with Crippen molar-refractivity contribution in [3.8, 4) is 0 Å². The first-order chi connectivity index (χ1) is 23.3. The van der Waals surface area contributed by atoms with Crippen LogP contribution < -0.4 is 0 Å². The summed E-state index contributed by atoms with van der Waals surface area (Å²) in [4.78, 5) is 46.4. The van der Waals surface area contributed by atoms with E-state index in [9.17, 15) is 18.8 Å². The van der Waals surface area contributed by atoms with E-state index >= 15 is 0 Å². The molecule has 2 amide bonds. The molecule has 8 heteroatoms. The normalized spacial score (nSPS) is 17.2. The first-order valence-corrected chi connectivity index (χ1v) is 16.5. The summed E-state index contributed by atoms with van der Waals surface area (Å²) >= 11 is 0. The Balaban J connectivity index is 1.18. The third-order valence-corrected chi connectivity index (χ3v) is 9.30. The smallest absolute Gasteiger partial charge is 0.336 e. The van der Waals surface area contributed by atoms with E-state index in [1.165, 1.54) is 23.3 Å². The predicted octanol–water partition coefficient (Wildman–Crippen LogP) is 6.73. The molecule has 1 fully saturated rings. The molecule has 6 rings (SSSR count). The first kappa shape index (κ1) is 32.8. The number of nitrogens with zero attached hydrogens (tertiary/aromatic N) is 3. The maximum atomic E-state index is 13.8. The number of hydrogen-bond acceptors (Lipinski definition) is 5. The van der Waals surface area contributed by atoms with E-state index in [-0.39, 0.29) is 43.2 Å². The highest BCUT2D eigenvalue weighted by molar-refractivity contribution is 5.96. The summed E-state index contributed by atoms with van der Waals surface area (Å²) in [7, 11) is 0. The molecule has 0 radical (unpaired) electrons. The topological polar surface area (TPSA) is 70.2 Å². The number of esters is 1. The lowest BCUT2D eigenvalue weighted by atomic mass is 9.83. The monoisotopic (exact) mass is 645 g/mol. The average Bonchev–Trinajstić information content (AvgIpc) is 3.11. The van der Waals surface area contributed by atoms with Crippen LogP contribution in [0.2, 0.25) is 0 Å². The van der Waals surface area contributed by atoms with Gasteiger partial charge in [-0.3, -0.25) is 14.5 Å². The van der Waals surface area contributed by atoms with Gasteiger partial charge in [-0.1, -0.05) is 84.9 Å². The Hall–Kier alpha value is -5.08. The maximum Gasteiger partial charge on any atom is 0.336 e. The van der Waals surface area contributed by atoms with Crippen molar-refractivity contribution in [3.63, 3.8) is 0 Å². The molecule has 4 aromatic carbocycles. The van der Waals surface area contributed by atoms with Crippen molar-refractivity contribution in [1.29, 1.82) is 0 Å². The van der Waals surface area contributed by atoms with Gasteiger partial charge < -0.3 is 14.5 Å². The second-order valence-electron chi connectivity index (χ2n) is 12.3. The number of benzene rings is 4. The molecule has 1 saturated heterocycles. The molecular formula is C40H40FN3O4. The molecule has 7 nitrogen and oxygen atoms in total. The minimum Gasteiger partial charge on any atom is -0.463 e. The van der Waals surface area contributed by atoms with Crippen LogP contribution in [-0.2, 0) is 20.9 Å². The minimum atomic E-state index is -0.539. The summed E-state index contributed by atoms with van der Waals surface area (Å²) < 4.78 is 19.1. The van der Waals surface area contributed by atoms with E-state index < -0.39 is 11.9 Å². The van der Waals surface area contributed by atoms with Crippen molar-refractivity contribution >= 4 is 17.8 Å². The number of ether oxygens (including phenoxy) is 1. The van der Waals surface area contributed by atoms with Crippen LogP contribution in [0, 0.1) is 5.82 Å². The molecule has 0 bridgehead atoms. The Morgan fingerprint density at radius 2 is 1.46 bits per heavy atom. The Labute approximate surface area is 281 Å². The van der Waals surface area contributed by atoms with Crippen molar-refractivity contribution in [2.45, 2.75) is 38.8 Å². The van der Waals surface area contributed by atoms with Gasteiger partial charge in [0.2, 0.25) is 5.91 Å². The van der Waals surface area contributed by atoms with Gasteiger partial charge in [-0.15, -0.1) is 0 Å². The van der Waals surface area contributed by atoms with Crippen LogP contribution in [0.15, 0.2) is 120 Å². The van der Waals surface area contributed by atoms with Crippen LogP contribution in [0.5, 0.6) is 0 Å². The molecular weight excluding hydrogens is 605 g/mol. The highest BCUT2D eigenvalue weighted by Crippen LogP contribution is 2.38. The molecule has 48 heavy (non-hydrogen) atoms. The molecule has 2 aliphatic rings. The average molecular weight is 646 g/mol. The lowest BCUT2D eigenvalue weighted by molar-refractivity contribution is -0.140. The van der Waals surface area contributed by atoms with E-state index in [0.29, 0.717) is 35.5 Å². The Bertz CT molecular complexity index is 1740. The molecule has 0 N–H and O–H groups in total. The second-order valence-corrected chi connectivity index (χ2v) is 12.3. The standard InChI is InChI=1S/C40H40FN3O4/c1-3-48-40(47)37-28(2)44(36(45)26-35(37)30-17-19-34(41)20-18-30)27-29-11-10-16-33(25-29)39(46)43-23-21-42(22-24-43)38(31-12-6-4-7-13-31)32-14-8-5-9-15-32/h4-20,25,35,38H,3,21-24,26-27H2,1-2H3/t35-/m1/s1. The third kappa shape index (κ3) is 7.09. The van der Waals surface area contributed by atoms with Gasteiger partial charge >= 0.3 is 5.97 Å². The van der Waals surface area contributed by atoms with Crippen molar-refractivity contribution in [1.82, 2.24) is 14.7 Å². The molecule has 0 saturated carbocycles. The van der Waals surface area contributed by atoms with Crippen LogP contribution in [0.25, 0.3) is 0 Å². The van der Waals surface area contributed by atoms with Gasteiger partial charge in [0.05, 0.1) is 24.8 Å². The van der Waals surface area contributed by atoms with Gasteiger partial charge in [0.15, 0.2) is 0 Å². The maximum absolute atomic E-state index is 13.8. The summed E-state index contributed by atoms with van der Waals surface area (Å²) in [6.45, 7) is 6.53. The summed E-state index contributed by atoms with van der Waals surface area (Å²) in [6, 6.07) is 34.3. The number of halogens is 1. The lowest BCUT2D eigenvalue weighted by Gasteiger charge is -2.40. The molecule has 246 valence electrons. The van der Waals surface area contributed by atoms with Gasteiger partial charge in [-0.25, -0.2) is 9.18 Å². The molecule has 0 aromatic heterocycles. The zero-order valence-corrected chi connectivity index (χ0v) is 27.3. The molecule has 2 aliphatic heterocycles. The van der Waals surface area contributed by atoms with Gasteiger partial charge in [0, 0.05) is 49.8 Å². The number of amides is 2. The summed E-state index contributed by atoms with van der Waals surface area (Å²) in [5.74, 6) is -1.63. The molecule has 0 spiro atoms. The highest BCUT2D eigenvalue weighted by atomic mass is 19.1. The Morgan fingerprint density at radius 1 is 0.833 bits per heavy atom. The first-order valence-electron chi connectivity index (χ1n) is 16.5. The number of rotatable bonds is 9. The van der Waals surface area contributed by atoms with E-state index in [4.69, 9.17) is 4.74 Å². The Morgan fingerprint density at radius 3 is 2.06 bits per heavy atom. The number of hydrogen-bond donors (Lipinski definition) is 0. The van der Waals surface area contributed by atoms with Crippen molar-refractivity contribution in [3.05, 3.63) is 154 Å². The molecule has 1 atom stereocenters. The van der Waals surface area contributed by atoms with E-state index in [2.05, 4.69) is 53.4 Å². The van der Waals surface area contributed by atoms with Gasteiger partial charge in [-0.05, 0) is 60.4 Å². The summed E-state index contributed by atoms with van der Waals surface area (Å²) in [6.07, 6.45) is 0.0486. The number of piperazine rings is 1. The van der Waals surface area contributed by atoms with Crippen LogP contribution in [0.1, 0.15) is 64.8 Å². The fourth-order valence-corrected chi connectivity index (χ4v) is 6.89. The molecule has 0 aliphatic carbocycles. The summed E-state index contributed by atoms with van der Waals surface area (Å²) in [5, 5.41) is 0.